The summed E-state index contributed by atoms with van der Waals surface area (Å²) in [7, 11) is 0. The van der Waals surface area contributed by atoms with Crippen LogP contribution in [0.25, 0.3) is 0 Å². The minimum Gasteiger partial charge on any atom is -0.506 e. The van der Waals surface area contributed by atoms with Gasteiger partial charge in [0.25, 0.3) is 0 Å². The highest BCUT2D eigenvalue weighted by Crippen LogP contribution is 2.61. The van der Waals surface area contributed by atoms with Gasteiger partial charge in [-0.1, -0.05) is 18.2 Å². The molecule has 0 saturated heterocycles. The Labute approximate surface area is 92.5 Å². The van der Waals surface area contributed by atoms with Gasteiger partial charge in [-0.2, -0.15) is 0 Å². The lowest BCUT2D eigenvalue weighted by Gasteiger charge is -2.32. The molecule has 1 N–H and O–H groups in total. The molecule has 78 valence electrons. The van der Waals surface area contributed by atoms with Crippen molar-refractivity contribution >= 4 is 11.4 Å². The van der Waals surface area contributed by atoms with E-state index < -0.39 is 0 Å². The molecular weight excluding hydrogens is 202 g/mol. The number of benzene rings is 2. The number of hydrogen-bond acceptors (Lipinski definition) is 3. The Bertz CT molecular complexity index is 594. The average Bonchev–Trinajstić information content (AvgIpc) is 2.96. The van der Waals surface area contributed by atoms with Gasteiger partial charge in [-0.3, -0.25) is 4.90 Å². The Kier molecular flexibility index (Phi) is 1.26. The number of nitrogens with zero attached hydrogens (tertiary/aromatic N) is 1. The molecule has 1 atom stereocenters. The Morgan fingerprint density at radius 1 is 1.06 bits per heavy atom. The summed E-state index contributed by atoms with van der Waals surface area (Å²) < 4.78 is 5.66. The molecule has 0 unspecified atom stereocenters. The zero-order chi connectivity index (χ0) is 10.7. The lowest BCUT2D eigenvalue weighted by Crippen LogP contribution is -2.27. The molecule has 0 amide bonds. The van der Waals surface area contributed by atoms with Crippen LogP contribution in [0, 0.1) is 0 Å². The van der Waals surface area contributed by atoms with Gasteiger partial charge in [-0.15, -0.1) is 0 Å². The first-order chi connectivity index (χ1) is 7.86. The number of anilines is 2. The first-order valence-corrected chi connectivity index (χ1v) is 5.23. The lowest BCUT2D eigenvalue weighted by atomic mass is 10.1. The van der Waals surface area contributed by atoms with Crippen LogP contribution in [0.3, 0.4) is 0 Å². The Morgan fingerprint density at radius 3 is 2.75 bits per heavy atom. The second kappa shape index (κ2) is 2.50. The molecule has 2 aromatic rings. The first kappa shape index (κ1) is 8.05. The van der Waals surface area contributed by atoms with Gasteiger partial charge in [0.2, 0.25) is 6.23 Å². The zero-order valence-electron chi connectivity index (χ0n) is 8.42. The highest BCUT2D eigenvalue weighted by Gasteiger charge is 2.45. The molecule has 3 heteroatoms. The number of hydrogen-bond donors (Lipinski definition) is 1. The van der Waals surface area contributed by atoms with E-state index in [9.17, 15) is 5.11 Å². The number of phenolic OH excluding ortho intramolecular Hbond substituents is 1. The van der Waals surface area contributed by atoms with Crippen LogP contribution in [0.4, 0.5) is 11.4 Å². The number of para-hydroxylation sites is 2. The first-order valence-electron chi connectivity index (χ1n) is 5.23. The third-order valence-electron chi connectivity index (χ3n) is 3.10. The van der Waals surface area contributed by atoms with Gasteiger partial charge < -0.3 is 9.84 Å². The topological polar surface area (TPSA) is 32.5 Å². The van der Waals surface area contributed by atoms with Gasteiger partial charge in [-0.25, -0.2) is 0 Å². The smallest absolute Gasteiger partial charge is 0.206 e. The largest absolute Gasteiger partial charge is 0.506 e. The number of fused-ring (bicyclic) bond motifs is 2. The molecule has 3 nitrogen and oxygen atoms in total. The molecular formula is C13H9NO2. The van der Waals surface area contributed by atoms with Gasteiger partial charge in [0, 0.05) is 0 Å². The van der Waals surface area contributed by atoms with Crippen LogP contribution in [-0.4, -0.2) is 5.11 Å². The fourth-order valence-electron chi connectivity index (χ4n) is 2.27. The van der Waals surface area contributed by atoms with Crippen LogP contribution < -0.4 is 9.64 Å². The highest BCUT2D eigenvalue weighted by atomic mass is 16.5. The molecule has 2 heterocycles. The molecule has 2 aliphatic heterocycles. The Balaban J connectivity index is 1.72. The van der Waals surface area contributed by atoms with E-state index in [2.05, 4.69) is 6.07 Å². The number of ether oxygens (including phenoxy) is 1. The van der Waals surface area contributed by atoms with E-state index >= 15 is 0 Å². The van der Waals surface area contributed by atoms with E-state index in [0.29, 0.717) is 5.75 Å². The van der Waals surface area contributed by atoms with Gasteiger partial charge in [0.05, 0.1) is 11.3 Å². The molecule has 0 fully saturated rings. The summed E-state index contributed by atoms with van der Waals surface area (Å²) in [6.45, 7) is 0. The summed E-state index contributed by atoms with van der Waals surface area (Å²) in [5.74, 6) is 1.26. The normalized spacial score (nSPS) is 19.2. The van der Waals surface area contributed by atoms with Crippen molar-refractivity contribution in [1.82, 2.24) is 0 Å². The summed E-state index contributed by atoms with van der Waals surface area (Å²) in [5.41, 5.74) is 3.12. The van der Waals surface area contributed by atoms with E-state index in [0.717, 1.165) is 17.1 Å². The second-order valence-corrected chi connectivity index (χ2v) is 4.02. The fraction of sp³-hybridized carbons (Fsp3) is 0.0769. The van der Waals surface area contributed by atoms with E-state index in [1.807, 2.05) is 35.2 Å². The predicted octanol–water partition coefficient (Wildman–Crippen LogP) is 2.93. The van der Waals surface area contributed by atoms with Crippen LogP contribution in [-0.2, 0) is 0 Å². The summed E-state index contributed by atoms with van der Waals surface area (Å²) >= 11 is 0. The van der Waals surface area contributed by atoms with E-state index in [1.165, 1.54) is 5.56 Å². The summed E-state index contributed by atoms with van der Waals surface area (Å²) in [5, 5.41) is 9.66. The van der Waals surface area contributed by atoms with Crippen molar-refractivity contribution < 1.29 is 9.84 Å². The van der Waals surface area contributed by atoms with Gasteiger partial charge >= 0.3 is 0 Å². The van der Waals surface area contributed by atoms with Crippen LogP contribution in [0.5, 0.6) is 11.5 Å². The summed E-state index contributed by atoms with van der Waals surface area (Å²) in [6.07, 6.45) is -0.0560. The summed E-state index contributed by atoms with van der Waals surface area (Å²) in [6, 6.07) is 13.5. The molecule has 0 bridgehead atoms. The van der Waals surface area contributed by atoms with Crippen molar-refractivity contribution in [3.8, 4) is 11.5 Å². The monoisotopic (exact) mass is 211 g/mol. The summed E-state index contributed by atoms with van der Waals surface area (Å²) in [4.78, 5) is 2.01. The van der Waals surface area contributed by atoms with Gasteiger partial charge in [-0.05, 0) is 24.3 Å². The molecule has 4 rings (SSSR count). The average molecular weight is 211 g/mol. The SMILES string of the molecule is Oc1cccc2c1N2[C@H]1Oc2ccccc21. The van der Waals surface area contributed by atoms with Crippen molar-refractivity contribution in [2.75, 3.05) is 4.90 Å². The molecule has 2 aromatic carbocycles. The minimum absolute atomic E-state index is 0.0560. The molecule has 0 aromatic heterocycles. The van der Waals surface area contributed by atoms with Gasteiger partial charge in [0.1, 0.15) is 17.2 Å². The van der Waals surface area contributed by atoms with E-state index in [1.54, 1.807) is 6.07 Å². The molecule has 0 radical (unpaired) electrons. The van der Waals surface area contributed by atoms with E-state index in [4.69, 9.17) is 4.74 Å². The van der Waals surface area contributed by atoms with Crippen molar-refractivity contribution in [3.05, 3.63) is 48.0 Å². The standard InChI is InChI=1S/C13H9NO2/c15-10-6-3-5-9-12(10)14(9)13-8-4-1-2-7-11(8)16-13/h1-7,13,15H/t13-,14?/m0/s1. The van der Waals surface area contributed by atoms with Crippen LogP contribution >= 0.6 is 0 Å². The fourth-order valence-corrected chi connectivity index (χ4v) is 2.27. The predicted molar refractivity (Wildman–Crippen MR) is 60.1 cm³/mol. The number of aromatic hydroxyl groups is 1. The molecule has 16 heavy (non-hydrogen) atoms. The quantitative estimate of drug-likeness (QED) is 0.736. The Morgan fingerprint density at radius 2 is 1.94 bits per heavy atom. The Hall–Kier alpha value is -2.16. The zero-order valence-corrected chi connectivity index (χ0v) is 8.42. The van der Waals surface area contributed by atoms with Crippen molar-refractivity contribution in [1.29, 1.82) is 0 Å². The van der Waals surface area contributed by atoms with E-state index in [-0.39, 0.29) is 6.23 Å². The second-order valence-electron chi connectivity index (χ2n) is 4.02. The third kappa shape index (κ3) is 0.834. The van der Waals surface area contributed by atoms with Crippen LogP contribution in [0.1, 0.15) is 11.8 Å². The maximum absolute atomic E-state index is 9.66. The highest BCUT2D eigenvalue weighted by molar-refractivity contribution is 5.98. The maximum atomic E-state index is 9.66. The van der Waals surface area contributed by atoms with Crippen molar-refractivity contribution in [3.63, 3.8) is 0 Å². The van der Waals surface area contributed by atoms with Crippen molar-refractivity contribution in [2.24, 2.45) is 0 Å². The molecule has 0 saturated carbocycles. The van der Waals surface area contributed by atoms with Crippen LogP contribution in [0.2, 0.25) is 0 Å². The maximum Gasteiger partial charge on any atom is 0.206 e. The molecule has 0 spiro atoms. The van der Waals surface area contributed by atoms with Gasteiger partial charge in [0.15, 0.2) is 0 Å². The number of rotatable bonds is 1. The van der Waals surface area contributed by atoms with Crippen LogP contribution in [0.15, 0.2) is 42.5 Å². The molecule has 2 aliphatic rings. The minimum atomic E-state index is -0.0560. The lowest BCUT2D eigenvalue weighted by molar-refractivity contribution is 0.159. The van der Waals surface area contributed by atoms with Crippen molar-refractivity contribution in [2.45, 2.75) is 6.23 Å². The molecule has 0 aliphatic carbocycles. The third-order valence-corrected chi connectivity index (χ3v) is 3.10. The number of phenols is 1.